The largest absolute Gasteiger partial charge is 0.368 e. The lowest BCUT2D eigenvalue weighted by molar-refractivity contribution is 0.560. The van der Waals surface area contributed by atoms with E-state index in [2.05, 4.69) is 51.8 Å². The van der Waals surface area contributed by atoms with Gasteiger partial charge < -0.3 is 5.73 Å². The summed E-state index contributed by atoms with van der Waals surface area (Å²) in [6.07, 6.45) is 1.43. The summed E-state index contributed by atoms with van der Waals surface area (Å²) in [4.78, 5) is 8.03. The van der Waals surface area contributed by atoms with Gasteiger partial charge in [0.05, 0.1) is 10.2 Å². The minimum absolute atomic E-state index is 0.0566. The molecular formula is C9H12BrN5. The predicted molar refractivity (Wildman–Crippen MR) is 61.6 cm³/mol. The third-order valence-corrected chi connectivity index (χ3v) is 2.83. The van der Waals surface area contributed by atoms with Crippen LogP contribution in [0.25, 0.3) is 5.65 Å². The zero-order chi connectivity index (χ0) is 11.2. The van der Waals surface area contributed by atoms with Crippen molar-refractivity contribution in [2.75, 3.05) is 5.73 Å². The number of aromatic nitrogens is 4. The van der Waals surface area contributed by atoms with Crippen molar-refractivity contribution < 1.29 is 0 Å². The molecule has 2 aromatic rings. The van der Waals surface area contributed by atoms with E-state index < -0.39 is 0 Å². The van der Waals surface area contributed by atoms with Crippen molar-refractivity contribution in [3.8, 4) is 0 Å². The lowest BCUT2D eigenvalue weighted by Crippen LogP contribution is -2.13. The molecule has 0 unspecified atom stereocenters. The van der Waals surface area contributed by atoms with Crippen LogP contribution in [0.1, 0.15) is 26.5 Å². The first-order valence-corrected chi connectivity index (χ1v) is 5.36. The Hall–Kier alpha value is -1.17. The molecule has 0 radical (unpaired) electrons. The number of nitrogens with two attached hydrogens (primary N) is 1. The maximum absolute atomic E-state index is 5.71. The van der Waals surface area contributed by atoms with Crippen LogP contribution < -0.4 is 5.73 Å². The topological polar surface area (TPSA) is 69.1 Å². The number of hydrogen-bond acceptors (Lipinski definition) is 4. The second kappa shape index (κ2) is 3.16. The number of fused-ring (bicyclic) bond motifs is 1. The molecule has 15 heavy (non-hydrogen) atoms. The fraction of sp³-hybridized carbons (Fsp3) is 0.444. The zero-order valence-electron chi connectivity index (χ0n) is 8.82. The molecule has 0 aromatic carbocycles. The highest BCUT2D eigenvalue weighted by Crippen LogP contribution is 2.31. The summed E-state index contributed by atoms with van der Waals surface area (Å²) in [5.41, 5.74) is 7.28. The summed E-state index contributed by atoms with van der Waals surface area (Å²) < 4.78 is 2.43. The van der Waals surface area contributed by atoms with Crippen molar-refractivity contribution >= 4 is 27.5 Å². The summed E-state index contributed by atoms with van der Waals surface area (Å²) in [6.45, 7) is 6.26. The van der Waals surface area contributed by atoms with Crippen molar-refractivity contribution in [3.05, 3.63) is 16.5 Å². The van der Waals surface area contributed by atoms with Gasteiger partial charge in [-0.15, -0.1) is 0 Å². The van der Waals surface area contributed by atoms with Gasteiger partial charge in [0.15, 0.2) is 5.65 Å². The van der Waals surface area contributed by atoms with Crippen LogP contribution in [0, 0.1) is 0 Å². The Labute approximate surface area is 95.8 Å². The zero-order valence-corrected chi connectivity index (χ0v) is 10.4. The van der Waals surface area contributed by atoms with E-state index in [1.54, 1.807) is 4.52 Å². The first-order valence-electron chi connectivity index (χ1n) is 4.56. The summed E-state index contributed by atoms with van der Waals surface area (Å²) in [5.74, 6) is 0.344. The monoisotopic (exact) mass is 269 g/mol. The van der Waals surface area contributed by atoms with E-state index in [1.807, 2.05) is 0 Å². The summed E-state index contributed by atoms with van der Waals surface area (Å²) in [7, 11) is 0. The number of anilines is 1. The Bertz CT molecular complexity index is 511. The molecule has 0 aliphatic heterocycles. The highest BCUT2D eigenvalue weighted by atomic mass is 79.9. The molecule has 2 heterocycles. The minimum Gasteiger partial charge on any atom is -0.368 e. The third kappa shape index (κ3) is 1.58. The molecule has 5 nitrogen and oxygen atoms in total. The molecule has 0 atom stereocenters. The molecule has 6 heteroatoms. The van der Waals surface area contributed by atoms with Gasteiger partial charge in [-0.2, -0.15) is 9.61 Å². The lowest BCUT2D eigenvalue weighted by atomic mass is 9.92. The maximum atomic E-state index is 5.71. The van der Waals surface area contributed by atoms with Crippen LogP contribution in [-0.2, 0) is 5.41 Å². The molecule has 0 bridgehead atoms. The van der Waals surface area contributed by atoms with Gasteiger partial charge in [-0.1, -0.05) is 20.8 Å². The third-order valence-electron chi connectivity index (χ3n) is 2.10. The number of halogens is 1. The Morgan fingerprint density at radius 1 is 1.33 bits per heavy atom. The quantitative estimate of drug-likeness (QED) is 0.792. The number of rotatable bonds is 0. The van der Waals surface area contributed by atoms with Crippen LogP contribution in [-0.4, -0.2) is 19.6 Å². The maximum Gasteiger partial charge on any atom is 0.224 e. The fourth-order valence-electron chi connectivity index (χ4n) is 1.34. The molecule has 2 N–H and O–H groups in total. The van der Waals surface area contributed by atoms with Crippen molar-refractivity contribution in [2.45, 2.75) is 26.2 Å². The SMILES string of the molecule is CC(C)(C)c1nn2c(N)ncnc2c1Br. The molecule has 2 aromatic heterocycles. The Morgan fingerprint density at radius 2 is 2.00 bits per heavy atom. The molecule has 0 saturated carbocycles. The summed E-state index contributed by atoms with van der Waals surface area (Å²) >= 11 is 3.49. The lowest BCUT2D eigenvalue weighted by Gasteiger charge is -2.14. The number of nitrogen functional groups attached to an aromatic ring is 1. The van der Waals surface area contributed by atoms with Gasteiger partial charge in [-0.25, -0.2) is 9.97 Å². The first kappa shape index (κ1) is 10.4. The summed E-state index contributed by atoms with van der Waals surface area (Å²) in [5, 5.41) is 4.40. The van der Waals surface area contributed by atoms with Gasteiger partial charge in [-0.05, 0) is 15.9 Å². The van der Waals surface area contributed by atoms with Crippen molar-refractivity contribution in [2.24, 2.45) is 0 Å². The molecule has 2 rings (SSSR count). The minimum atomic E-state index is -0.0566. The smallest absolute Gasteiger partial charge is 0.224 e. The highest BCUT2D eigenvalue weighted by Gasteiger charge is 2.24. The molecule has 0 aliphatic carbocycles. The molecule has 80 valence electrons. The van der Waals surface area contributed by atoms with Crippen LogP contribution in [0.15, 0.2) is 10.8 Å². The second-order valence-electron chi connectivity index (χ2n) is 4.38. The molecule has 0 aliphatic rings. The fourth-order valence-corrected chi connectivity index (χ4v) is 2.28. The molecule has 0 fully saturated rings. The van der Waals surface area contributed by atoms with E-state index in [0.29, 0.717) is 11.6 Å². The van der Waals surface area contributed by atoms with E-state index in [4.69, 9.17) is 5.73 Å². The Kier molecular flexibility index (Phi) is 2.18. The van der Waals surface area contributed by atoms with Crippen molar-refractivity contribution in [3.63, 3.8) is 0 Å². The van der Waals surface area contributed by atoms with E-state index in [-0.39, 0.29) is 5.41 Å². The van der Waals surface area contributed by atoms with Crippen LogP contribution in [0.2, 0.25) is 0 Å². The first-order chi connectivity index (χ1) is 6.91. The van der Waals surface area contributed by atoms with E-state index in [1.165, 1.54) is 6.33 Å². The highest BCUT2D eigenvalue weighted by molar-refractivity contribution is 9.10. The van der Waals surface area contributed by atoms with Gasteiger partial charge in [-0.3, -0.25) is 0 Å². The van der Waals surface area contributed by atoms with Crippen molar-refractivity contribution in [1.29, 1.82) is 0 Å². The molecule has 0 amide bonds. The molecule has 0 spiro atoms. The normalized spacial score (nSPS) is 12.3. The van der Waals surface area contributed by atoms with Gasteiger partial charge in [0.1, 0.15) is 6.33 Å². The molecular weight excluding hydrogens is 258 g/mol. The molecule has 0 saturated heterocycles. The van der Waals surface area contributed by atoms with Gasteiger partial charge in [0.2, 0.25) is 5.95 Å². The number of hydrogen-bond donors (Lipinski definition) is 1. The number of nitrogens with zero attached hydrogens (tertiary/aromatic N) is 4. The Morgan fingerprint density at radius 3 is 2.53 bits per heavy atom. The van der Waals surface area contributed by atoms with E-state index in [0.717, 1.165) is 10.2 Å². The standard InChI is InChI=1S/C9H12BrN5/c1-9(2,3)6-5(10)7-12-4-13-8(11)15(7)14-6/h4H,1-3H3,(H2,11,12,13). The van der Waals surface area contributed by atoms with Gasteiger partial charge in [0.25, 0.3) is 0 Å². The van der Waals surface area contributed by atoms with Crippen LogP contribution in [0.5, 0.6) is 0 Å². The van der Waals surface area contributed by atoms with Gasteiger partial charge >= 0.3 is 0 Å². The Balaban J connectivity index is 2.81. The van der Waals surface area contributed by atoms with Crippen molar-refractivity contribution in [1.82, 2.24) is 19.6 Å². The van der Waals surface area contributed by atoms with E-state index in [9.17, 15) is 0 Å². The predicted octanol–water partition coefficient (Wildman–Crippen LogP) is 1.77. The van der Waals surface area contributed by atoms with Crippen LogP contribution >= 0.6 is 15.9 Å². The van der Waals surface area contributed by atoms with Crippen LogP contribution in [0.3, 0.4) is 0 Å². The summed E-state index contributed by atoms with van der Waals surface area (Å²) in [6, 6.07) is 0. The second-order valence-corrected chi connectivity index (χ2v) is 5.17. The van der Waals surface area contributed by atoms with E-state index >= 15 is 0 Å². The van der Waals surface area contributed by atoms with Gasteiger partial charge in [0, 0.05) is 5.41 Å². The average molecular weight is 270 g/mol. The average Bonchev–Trinajstić information content (AvgIpc) is 2.45. The van der Waals surface area contributed by atoms with Crippen LogP contribution in [0.4, 0.5) is 5.95 Å².